The summed E-state index contributed by atoms with van der Waals surface area (Å²) in [5.74, 6) is 0.640. The zero-order chi connectivity index (χ0) is 25.8. The van der Waals surface area contributed by atoms with Gasteiger partial charge in [0.15, 0.2) is 0 Å². The highest BCUT2D eigenvalue weighted by Crippen LogP contribution is 2.33. The number of hydrogen-bond acceptors (Lipinski definition) is 4. The van der Waals surface area contributed by atoms with Crippen LogP contribution in [-0.4, -0.2) is 17.5 Å². The Morgan fingerprint density at radius 2 is 1.84 bits per heavy atom. The first-order valence-corrected chi connectivity index (χ1v) is 13.3. The number of fused-ring (bicyclic) bond motifs is 1. The molecule has 0 aliphatic rings. The lowest BCUT2D eigenvalue weighted by molar-refractivity contribution is 0.0979. The molecule has 3 aromatic carbocycles. The summed E-state index contributed by atoms with van der Waals surface area (Å²) in [7, 11) is 0. The van der Waals surface area contributed by atoms with Crippen LogP contribution in [-0.2, 0) is 6.42 Å². The van der Waals surface area contributed by atoms with Crippen LogP contribution in [0.15, 0.2) is 88.6 Å². The van der Waals surface area contributed by atoms with E-state index in [0.29, 0.717) is 18.7 Å². The van der Waals surface area contributed by atoms with Gasteiger partial charge in [0.2, 0.25) is 0 Å². The zero-order valence-electron chi connectivity index (χ0n) is 20.6. The van der Waals surface area contributed by atoms with Crippen molar-refractivity contribution in [2.45, 2.75) is 31.6 Å². The van der Waals surface area contributed by atoms with Crippen molar-refractivity contribution in [3.8, 4) is 16.9 Å². The monoisotopic (exact) mass is 530 g/mol. The third kappa shape index (κ3) is 5.55. The minimum atomic E-state index is -0.164. The predicted octanol–water partition coefficient (Wildman–Crippen LogP) is 8.15. The molecule has 0 unspecified atom stereocenters. The maximum Gasteiger partial charge on any atom is 0.278 e. The highest BCUT2D eigenvalue weighted by atomic mass is 35.5. The number of hydrogen-bond donors (Lipinski definition) is 2. The Bertz CT molecular complexity index is 1500. The van der Waals surface area contributed by atoms with Gasteiger partial charge in [0, 0.05) is 26.4 Å². The van der Waals surface area contributed by atoms with Crippen LogP contribution in [0.4, 0.5) is 0 Å². The standard InChI is InChI=1S/C30H27ClN2O3S/c1-19-16-22(17-20(2)27(19)31)36-14-7-12-26-25-11-6-10-24(21-13-15-35-18-21)28(25)32-29(26)30(34)33-37-23-8-4-3-5-9-23/h3-6,8-11,13,15-18,32H,7,12,14H2,1-2H3,(H,33,34). The molecule has 0 aliphatic heterocycles. The van der Waals surface area contributed by atoms with Gasteiger partial charge in [-0.2, -0.15) is 0 Å². The number of carbonyl (C=O) groups is 1. The predicted molar refractivity (Wildman–Crippen MR) is 151 cm³/mol. The Kier molecular flexibility index (Phi) is 7.58. The van der Waals surface area contributed by atoms with E-state index in [1.54, 1.807) is 12.5 Å². The van der Waals surface area contributed by atoms with Crippen molar-refractivity contribution in [2.24, 2.45) is 0 Å². The van der Waals surface area contributed by atoms with Gasteiger partial charge in [-0.05, 0) is 85.7 Å². The third-order valence-electron chi connectivity index (χ3n) is 6.26. The van der Waals surface area contributed by atoms with Crippen molar-refractivity contribution in [2.75, 3.05) is 6.61 Å². The van der Waals surface area contributed by atoms with Crippen LogP contribution in [0.1, 0.15) is 33.6 Å². The summed E-state index contributed by atoms with van der Waals surface area (Å²) >= 11 is 7.59. The highest BCUT2D eigenvalue weighted by Gasteiger charge is 2.20. The highest BCUT2D eigenvalue weighted by molar-refractivity contribution is 7.98. The molecule has 5 rings (SSSR count). The molecule has 0 bridgehead atoms. The minimum Gasteiger partial charge on any atom is -0.494 e. The molecule has 5 aromatic rings. The van der Waals surface area contributed by atoms with Gasteiger partial charge in [-0.25, -0.2) is 0 Å². The number of amides is 1. The van der Waals surface area contributed by atoms with E-state index >= 15 is 0 Å². The lowest BCUT2D eigenvalue weighted by Gasteiger charge is -2.10. The third-order valence-corrected chi connectivity index (χ3v) is 7.65. The van der Waals surface area contributed by atoms with Crippen molar-refractivity contribution in [1.82, 2.24) is 9.71 Å². The molecule has 0 aliphatic carbocycles. The molecule has 1 amide bonds. The number of nitrogens with one attached hydrogen (secondary N) is 2. The molecule has 2 N–H and O–H groups in total. The fraction of sp³-hybridized carbons (Fsp3) is 0.167. The summed E-state index contributed by atoms with van der Waals surface area (Å²) in [4.78, 5) is 17.7. The van der Waals surface area contributed by atoms with Crippen LogP contribution >= 0.6 is 23.5 Å². The molecule has 0 fully saturated rings. The number of halogens is 1. The van der Waals surface area contributed by atoms with Crippen molar-refractivity contribution in [3.05, 3.63) is 107 Å². The Balaban J connectivity index is 1.39. The average Bonchev–Trinajstić information content (AvgIpc) is 3.57. The van der Waals surface area contributed by atoms with E-state index in [0.717, 1.165) is 60.8 Å². The van der Waals surface area contributed by atoms with E-state index < -0.39 is 0 Å². The van der Waals surface area contributed by atoms with Gasteiger partial charge in [-0.1, -0.05) is 48.0 Å². The molecule has 188 valence electrons. The van der Waals surface area contributed by atoms with Gasteiger partial charge in [0.25, 0.3) is 5.91 Å². The van der Waals surface area contributed by atoms with Crippen LogP contribution in [0, 0.1) is 13.8 Å². The first kappa shape index (κ1) is 25.1. The summed E-state index contributed by atoms with van der Waals surface area (Å²) in [6.45, 7) is 4.47. The van der Waals surface area contributed by atoms with Crippen molar-refractivity contribution >= 4 is 40.4 Å². The van der Waals surface area contributed by atoms with E-state index in [-0.39, 0.29) is 5.91 Å². The summed E-state index contributed by atoms with van der Waals surface area (Å²) in [6.07, 6.45) is 4.79. The number of para-hydroxylation sites is 1. The number of carbonyl (C=O) groups excluding carboxylic acids is 1. The molecule has 0 saturated heterocycles. The lowest BCUT2D eigenvalue weighted by atomic mass is 10.0. The van der Waals surface area contributed by atoms with Crippen LogP contribution in [0.5, 0.6) is 5.75 Å². The SMILES string of the molecule is Cc1cc(OCCCc2c(C(=O)NSc3ccccc3)[nH]c3c(-c4ccoc4)cccc23)cc(C)c1Cl. The van der Waals surface area contributed by atoms with Gasteiger partial charge in [0.1, 0.15) is 11.4 Å². The number of benzene rings is 3. The van der Waals surface area contributed by atoms with Gasteiger partial charge in [0.05, 0.1) is 24.6 Å². The maximum absolute atomic E-state index is 13.3. The largest absolute Gasteiger partial charge is 0.494 e. The van der Waals surface area contributed by atoms with Crippen molar-refractivity contribution in [1.29, 1.82) is 0 Å². The molecule has 0 radical (unpaired) electrons. The van der Waals surface area contributed by atoms with Crippen LogP contribution in [0.25, 0.3) is 22.0 Å². The molecule has 7 heteroatoms. The average molecular weight is 531 g/mol. The van der Waals surface area contributed by atoms with E-state index in [9.17, 15) is 4.79 Å². The summed E-state index contributed by atoms with van der Waals surface area (Å²) in [5.41, 5.74) is 6.39. The Labute approximate surface area is 225 Å². The number of ether oxygens (including phenoxy) is 1. The smallest absolute Gasteiger partial charge is 0.278 e. The quantitative estimate of drug-likeness (QED) is 0.149. The second-order valence-corrected chi connectivity index (χ2v) is 10.1. The molecular formula is C30H27ClN2O3S. The van der Waals surface area contributed by atoms with Gasteiger partial charge >= 0.3 is 0 Å². The number of aryl methyl sites for hydroxylation is 3. The number of H-pyrrole nitrogens is 1. The second-order valence-electron chi connectivity index (χ2n) is 8.89. The summed E-state index contributed by atoms with van der Waals surface area (Å²) < 4.78 is 14.3. The lowest BCUT2D eigenvalue weighted by Crippen LogP contribution is -2.18. The van der Waals surface area contributed by atoms with Gasteiger partial charge in [-0.3, -0.25) is 9.52 Å². The fourth-order valence-electron chi connectivity index (χ4n) is 4.46. The topological polar surface area (TPSA) is 67.3 Å². The summed E-state index contributed by atoms with van der Waals surface area (Å²) in [6, 6.07) is 21.7. The zero-order valence-corrected chi connectivity index (χ0v) is 22.2. The van der Waals surface area contributed by atoms with Crippen molar-refractivity contribution in [3.63, 3.8) is 0 Å². The summed E-state index contributed by atoms with van der Waals surface area (Å²) in [5, 5.41) is 1.79. The Hall–Kier alpha value is -3.61. The minimum absolute atomic E-state index is 0.164. The van der Waals surface area contributed by atoms with Gasteiger partial charge in [-0.15, -0.1) is 0 Å². The Morgan fingerprint density at radius 3 is 2.57 bits per heavy atom. The van der Waals surface area contributed by atoms with E-state index in [1.165, 1.54) is 11.9 Å². The molecule has 0 spiro atoms. The van der Waals surface area contributed by atoms with Crippen LogP contribution in [0.3, 0.4) is 0 Å². The van der Waals surface area contributed by atoms with Crippen LogP contribution in [0.2, 0.25) is 5.02 Å². The van der Waals surface area contributed by atoms with Crippen molar-refractivity contribution < 1.29 is 13.9 Å². The normalized spacial score (nSPS) is 11.1. The number of aromatic amines is 1. The second kappa shape index (κ2) is 11.2. The molecule has 5 nitrogen and oxygen atoms in total. The molecule has 2 aromatic heterocycles. The fourth-order valence-corrected chi connectivity index (χ4v) is 5.17. The van der Waals surface area contributed by atoms with Gasteiger partial charge < -0.3 is 14.1 Å². The van der Waals surface area contributed by atoms with E-state index in [1.807, 2.05) is 74.5 Å². The number of furan rings is 1. The number of aromatic nitrogens is 1. The van der Waals surface area contributed by atoms with Crippen LogP contribution < -0.4 is 9.46 Å². The molecule has 0 saturated carbocycles. The van der Waals surface area contributed by atoms with E-state index in [2.05, 4.69) is 15.8 Å². The number of rotatable bonds is 9. The molecule has 2 heterocycles. The maximum atomic E-state index is 13.3. The first-order valence-electron chi connectivity index (χ1n) is 12.1. The Morgan fingerprint density at radius 1 is 1.05 bits per heavy atom. The molecule has 0 atom stereocenters. The first-order chi connectivity index (χ1) is 18.0. The molecule has 37 heavy (non-hydrogen) atoms. The van der Waals surface area contributed by atoms with E-state index in [4.69, 9.17) is 20.8 Å². The molecular weight excluding hydrogens is 504 g/mol.